The van der Waals surface area contributed by atoms with Crippen LogP contribution in [0.15, 0.2) is 45.2 Å². The number of nitrogens with one attached hydrogen (secondary N) is 1. The number of carbonyl (C=O) groups is 1. The summed E-state index contributed by atoms with van der Waals surface area (Å²) in [6, 6.07) is 6.95. The van der Waals surface area contributed by atoms with Crippen molar-refractivity contribution in [3.8, 4) is 6.07 Å². The smallest absolute Gasteiger partial charge is 0.252 e. The van der Waals surface area contributed by atoms with E-state index >= 15 is 0 Å². The van der Waals surface area contributed by atoms with Crippen molar-refractivity contribution in [3.63, 3.8) is 0 Å². The van der Waals surface area contributed by atoms with Gasteiger partial charge in [0.2, 0.25) is 0 Å². The summed E-state index contributed by atoms with van der Waals surface area (Å²) >= 11 is 3.21. The molecule has 1 N–H and O–H groups in total. The van der Waals surface area contributed by atoms with Crippen molar-refractivity contribution < 1.29 is 9.18 Å². The van der Waals surface area contributed by atoms with E-state index in [9.17, 15) is 14.4 Å². The first-order valence-electron chi connectivity index (χ1n) is 8.00. The van der Waals surface area contributed by atoms with Crippen molar-refractivity contribution in [2.45, 2.75) is 26.7 Å². The number of hydrogen-bond acceptors (Lipinski definition) is 3. The largest absolute Gasteiger partial charge is 0.359 e. The molecule has 1 aromatic rings. The van der Waals surface area contributed by atoms with E-state index in [1.165, 1.54) is 6.07 Å². The van der Waals surface area contributed by atoms with Crippen molar-refractivity contribution >= 4 is 21.8 Å². The molecule has 2 aliphatic rings. The molecular weight excluding hydrogens is 385 g/mol. The summed E-state index contributed by atoms with van der Waals surface area (Å²) in [5.74, 6) is -0.973. The topological polar surface area (TPSA) is 56.1 Å². The maximum absolute atomic E-state index is 13.7. The molecule has 1 atom stereocenters. The first-order valence-corrected chi connectivity index (χ1v) is 8.79. The van der Waals surface area contributed by atoms with Crippen LogP contribution in [0.1, 0.15) is 32.3 Å². The lowest BCUT2D eigenvalue weighted by Gasteiger charge is -2.33. The van der Waals surface area contributed by atoms with Crippen LogP contribution < -0.4 is 5.32 Å². The molecule has 0 fully saturated rings. The van der Waals surface area contributed by atoms with E-state index in [4.69, 9.17) is 0 Å². The summed E-state index contributed by atoms with van der Waals surface area (Å²) in [6.45, 7) is 6.55. The van der Waals surface area contributed by atoms with E-state index in [1.54, 1.807) is 24.1 Å². The molecule has 1 aromatic carbocycles. The number of hydrogen-bond donors (Lipinski definition) is 1. The van der Waals surface area contributed by atoms with Crippen molar-refractivity contribution in [2.75, 3.05) is 13.6 Å². The number of likely N-dealkylation sites (N-methyl/N-ethyl adjacent to an activating group) is 1. The van der Waals surface area contributed by atoms with E-state index in [0.717, 1.165) is 17.0 Å². The van der Waals surface area contributed by atoms with Crippen molar-refractivity contribution in [2.24, 2.45) is 5.41 Å². The minimum Gasteiger partial charge on any atom is -0.359 e. The number of halogens is 2. The molecule has 25 heavy (non-hydrogen) atoms. The Morgan fingerprint density at radius 2 is 2.08 bits per heavy atom. The molecule has 2 aliphatic heterocycles. The zero-order valence-corrected chi connectivity index (χ0v) is 16.2. The van der Waals surface area contributed by atoms with Crippen LogP contribution in [0.3, 0.4) is 0 Å². The highest BCUT2D eigenvalue weighted by atomic mass is 79.9. The summed E-state index contributed by atoms with van der Waals surface area (Å²) in [5, 5.41) is 13.2. The zero-order chi connectivity index (χ0) is 18.5. The number of nitrogens with zero attached hydrogens (tertiary/aromatic N) is 2. The lowest BCUT2D eigenvalue weighted by molar-refractivity contribution is -0.124. The van der Waals surface area contributed by atoms with Crippen molar-refractivity contribution in [1.29, 1.82) is 5.26 Å². The summed E-state index contributed by atoms with van der Waals surface area (Å²) < 4.78 is 14.0. The van der Waals surface area contributed by atoms with Gasteiger partial charge in [-0.05, 0) is 33.6 Å². The first-order chi connectivity index (χ1) is 11.6. The minimum absolute atomic E-state index is 0.103. The molecule has 1 unspecified atom stereocenters. The number of allylic oxidation sites excluding steroid dienone is 2. The van der Waals surface area contributed by atoms with Crippen LogP contribution in [0.4, 0.5) is 4.39 Å². The van der Waals surface area contributed by atoms with Gasteiger partial charge in [0.25, 0.3) is 5.91 Å². The number of dihydropyridines is 1. The third-order valence-corrected chi connectivity index (χ3v) is 5.18. The van der Waals surface area contributed by atoms with Crippen LogP contribution in [0.2, 0.25) is 0 Å². The van der Waals surface area contributed by atoms with Crippen LogP contribution in [0.25, 0.3) is 0 Å². The Bertz CT molecular complexity index is 874. The molecule has 0 radical (unpaired) electrons. The van der Waals surface area contributed by atoms with Gasteiger partial charge >= 0.3 is 0 Å². The van der Waals surface area contributed by atoms with E-state index in [1.807, 2.05) is 20.8 Å². The molecule has 130 valence electrons. The summed E-state index contributed by atoms with van der Waals surface area (Å²) in [4.78, 5) is 14.3. The van der Waals surface area contributed by atoms with Crippen molar-refractivity contribution in [1.82, 2.24) is 10.2 Å². The normalized spacial score (nSPS) is 20.6. The maximum Gasteiger partial charge on any atom is 0.252 e. The second-order valence-electron chi connectivity index (χ2n) is 7.44. The van der Waals surface area contributed by atoms with E-state index in [-0.39, 0.29) is 17.1 Å². The Kier molecular flexibility index (Phi) is 4.24. The Balaban J connectivity index is 2.26. The molecule has 4 nitrogen and oxygen atoms in total. The molecule has 1 amide bonds. The van der Waals surface area contributed by atoms with Gasteiger partial charge < -0.3 is 10.2 Å². The second-order valence-corrected chi connectivity index (χ2v) is 8.29. The fourth-order valence-electron chi connectivity index (χ4n) is 3.38. The Morgan fingerprint density at radius 1 is 1.40 bits per heavy atom. The number of benzene rings is 1. The van der Waals surface area contributed by atoms with Gasteiger partial charge in [-0.3, -0.25) is 4.79 Å². The zero-order valence-electron chi connectivity index (χ0n) is 14.6. The molecular formula is C19H19BrFN3O. The predicted molar refractivity (Wildman–Crippen MR) is 96.7 cm³/mol. The molecule has 0 saturated carbocycles. The van der Waals surface area contributed by atoms with E-state index < -0.39 is 5.92 Å². The molecule has 6 heteroatoms. The number of rotatable bonds is 1. The van der Waals surface area contributed by atoms with Gasteiger partial charge in [-0.15, -0.1) is 0 Å². The van der Waals surface area contributed by atoms with E-state index in [0.29, 0.717) is 22.2 Å². The molecule has 0 aromatic heterocycles. The van der Waals surface area contributed by atoms with Gasteiger partial charge in [-0.1, -0.05) is 26.8 Å². The van der Waals surface area contributed by atoms with Crippen molar-refractivity contribution in [3.05, 3.63) is 56.6 Å². The lowest BCUT2D eigenvalue weighted by Crippen LogP contribution is -2.33. The fourth-order valence-corrected chi connectivity index (χ4v) is 3.77. The summed E-state index contributed by atoms with van der Waals surface area (Å²) in [6.07, 6.45) is 0. The average molecular weight is 404 g/mol. The van der Waals surface area contributed by atoms with Gasteiger partial charge in [0.15, 0.2) is 0 Å². The lowest BCUT2D eigenvalue weighted by atomic mass is 9.76. The predicted octanol–water partition coefficient (Wildman–Crippen LogP) is 3.82. The second kappa shape index (κ2) is 5.99. The number of amides is 1. The van der Waals surface area contributed by atoms with Gasteiger partial charge in [0.05, 0.1) is 34.2 Å². The van der Waals surface area contributed by atoms with Gasteiger partial charge in [0, 0.05) is 23.9 Å². The summed E-state index contributed by atoms with van der Waals surface area (Å²) in [7, 11) is 1.74. The van der Waals surface area contributed by atoms with Crippen LogP contribution in [0.5, 0.6) is 0 Å². The first kappa shape index (κ1) is 17.7. The highest BCUT2D eigenvalue weighted by Crippen LogP contribution is 2.45. The fraction of sp³-hybridized carbons (Fsp3) is 0.368. The van der Waals surface area contributed by atoms with Crippen LogP contribution in [-0.2, 0) is 4.79 Å². The maximum atomic E-state index is 13.7. The Morgan fingerprint density at radius 3 is 2.64 bits per heavy atom. The van der Waals surface area contributed by atoms with Gasteiger partial charge in [0.1, 0.15) is 5.82 Å². The van der Waals surface area contributed by atoms with Crippen LogP contribution in [0, 0.1) is 22.6 Å². The number of nitriles is 1. The van der Waals surface area contributed by atoms with E-state index in [2.05, 4.69) is 27.3 Å². The minimum atomic E-state index is -0.496. The molecule has 0 spiro atoms. The quantitative estimate of drug-likeness (QED) is 0.774. The number of carbonyl (C=O) groups excluding carboxylic acids is 1. The standard InChI is InChI=1S/C19H19BrFN3O/c1-19(2,3)17-11(8-22)15(10-5-6-13(21)12(20)7-10)16-14(23-17)9-24(4)18(16)25/h5-7,15,23H,9H2,1-4H3. The van der Waals surface area contributed by atoms with Gasteiger partial charge in [-0.2, -0.15) is 5.26 Å². The van der Waals surface area contributed by atoms with Crippen LogP contribution in [-0.4, -0.2) is 24.4 Å². The highest BCUT2D eigenvalue weighted by molar-refractivity contribution is 9.10. The SMILES string of the molecule is CN1CC2=C(C1=O)C(c1ccc(F)c(Br)c1)C(C#N)=C(C(C)(C)C)N2. The molecule has 0 aliphatic carbocycles. The Hall–Kier alpha value is -2.13. The molecule has 0 bridgehead atoms. The monoisotopic (exact) mass is 403 g/mol. The molecule has 3 rings (SSSR count). The third kappa shape index (κ3) is 2.87. The molecule has 0 saturated heterocycles. The summed E-state index contributed by atoms with van der Waals surface area (Å²) in [5.41, 5.74) is 3.15. The molecule has 2 heterocycles. The third-order valence-electron chi connectivity index (χ3n) is 4.57. The highest BCUT2D eigenvalue weighted by Gasteiger charge is 2.42. The van der Waals surface area contributed by atoms with Gasteiger partial charge in [-0.25, -0.2) is 4.39 Å². The average Bonchev–Trinajstić information content (AvgIpc) is 2.82. The van der Waals surface area contributed by atoms with Crippen LogP contribution >= 0.6 is 15.9 Å². The Labute approximate surface area is 155 Å².